The Balaban J connectivity index is 2.05. The number of hydrogen-bond acceptors (Lipinski definition) is 3. The third kappa shape index (κ3) is 4.80. The van der Waals surface area contributed by atoms with E-state index in [1.807, 2.05) is 0 Å². The van der Waals surface area contributed by atoms with E-state index in [2.05, 4.69) is 5.32 Å². The molecule has 4 nitrogen and oxygen atoms in total. The smallest absolute Gasteiger partial charge is 0.227 e. The van der Waals surface area contributed by atoms with Gasteiger partial charge in [0.15, 0.2) is 0 Å². The van der Waals surface area contributed by atoms with E-state index in [9.17, 15) is 9.00 Å². The van der Waals surface area contributed by atoms with Crippen molar-refractivity contribution < 1.29 is 9.00 Å². The Hall–Kier alpha value is -0.910. The minimum absolute atomic E-state index is 0.0102. The number of hydrogen-bond donors (Lipinski definition) is 2. The molecular weight excluding hydrogens is 308 g/mol. The fourth-order valence-corrected chi connectivity index (χ4v) is 3.63. The average Bonchev–Trinajstić information content (AvgIpc) is 2.42. The number of anilines is 1. The lowest BCUT2D eigenvalue weighted by molar-refractivity contribution is -0.120. The molecule has 1 amide bonds. The number of carbonyl (C=O) groups is 1. The first-order valence-electron chi connectivity index (χ1n) is 7.10. The zero-order valence-electron chi connectivity index (χ0n) is 12.1. The summed E-state index contributed by atoms with van der Waals surface area (Å²) in [5.41, 5.74) is 7.41. The van der Waals surface area contributed by atoms with Gasteiger partial charge in [0.2, 0.25) is 5.91 Å². The largest absolute Gasteiger partial charge is 0.328 e. The van der Waals surface area contributed by atoms with E-state index in [1.165, 1.54) is 0 Å². The molecule has 1 saturated carbocycles. The predicted octanol–water partition coefficient (Wildman–Crippen LogP) is 2.67. The third-order valence-corrected chi connectivity index (χ3v) is 4.84. The third-order valence-electron chi connectivity index (χ3n) is 3.76. The van der Waals surface area contributed by atoms with Gasteiger partial charge < -0.3 is 11.1 Å². The summed E-state index contributed by atoms with van der Waals surface area (Å²) >= 11 is 6.08. The fourth-order valence-electron chi connectivity index (χ4n) is 2.69. The summed E-state index contributed by atoms with van der Waals surface area (Å²) in [7, 11) is -0.971. The van der Waals surface area contributed by atoms with Gasteiger partial charge in [0, 0.05) is 45.5 Å². The Morgan fingerprint density at radius 3 is 2.90 bits per heavy atom. The lowest BCUT2D eigenvalue weighted by atomic mass is 9.85. The van der Waals surface area contributed by atoms with Gasteiger partial charge in [-0.3, -0.25) is 9.00 Å². The highest BCUT2D eigenvalue weighted by Gasteiger charge is 2.25. The van der Waals surface area contributed by atoms with E-state index >= 15 is 0 Å². The van der Waals surface area contributed by atoms with Crippen LogP contribution in [-0.4, -0.2) is 22.4 Å². The number of amides is 1. The molecule has 1 fully saturated rings. The van der Waals surface area contributed by atoms with Crippen molar-refractivity contribution >= 4 is 34.0 Å². The Bertz CT molecular complexity index is 550. The summed E-state index contributed by atoms with van der Waals surface area (Å²) in [5, 5.41) is 3.49. The number of nitrogens with two attached hydrogens (primary N) is 1. The van der Waals surface area contributed by atoms with E-state index < -0.39 is 10.8 Å². The Kier molecular flexibility index (Phi) is 5.79. The normalized spacial score (nSPS) is 23.6. The number of benzene rings is 1. The highest BCUT2D eigenvalue weighted by molar-refractivity contribution is 7.83. The van der Waals surface area contributed by atoms with Crippen LogP contribution in [0.3, 0.4) is 0 Å². The minimum Gasteiger partial charge on any atom is -0.328 e. The van der Waals surface area contributed by atoms with Crippen molar-refractivity contribution in [1.82, 2.24) is 0 Å². The number of halogens is 1. The summed E-state index contributed by atoms with van der Waals surface area (Å²) in [5.74, 6) is 0.376. The molecule has 3 atom stereocenters. The standard InChI is InChI=1S/C15H21ClN2O2S/c1-21(20)9-11-8-13(5-6-14(11)16)18-15(19)10-3-2-4-12(17)7-10/h5-6,8,10,12H,2-4,7,9,17H2,1H3,(H,18,19). The maximum absolute atomic E-state index is 12.3. The fraction of sp³-hybridized carbons (Fsp3) is 0.533. The summed E-state index contributed by atoms with van der Waals surface area (Å²) < 4.78 is 11.3. The van der Waals surface area contributed by atoms with Gasteiger partial charge in [0.25, 0.3) is 0 Å². The molecule has 0 aromatic heterocycles. The zero-order valence-corrected chi connectivity index (χ0v) is 13.7. The SMILES string of the molecule is CS(=O)Cc1cc(NC(=O)C2CCCC(N)C2)ccc1Cl. The number of rotatable bonds is 4. The van der Waals surface area contributed by atoms with Crippen molar-refractivity contribution in [3.8, 4) is 0 Å². The van der Waals surface area contributed by atoms with E-state index in [0.717, 1.165) is 31.2 Å². The van der Waals surface area contributed by atoms with Crippen molar-refractivity contribution in [2.75, 3.05) is 11.6 Å². The van der Waals surface area contributed by atoms with Gasteiger partial charge in [0.1, 0.15) is 0 Å². The van der Waals surface area contributed by atoms with Crippen LogP contribution in [0.1, 0.15) is 31.2 Å². The predicted molar refractivity (Wildman–Crippen MR) is 87.8 cm³/mol. The Labute approximate surface area is 132 Å². The van der Waals surface area contributed by atoms with Gasteiger partial charge >= 0.3 is 0 Å². The summed E-state index contributed by atoms with van der Waals surface area (Å²) in [4.78, 5) is 12.3. The summed E-state index contributed by atoms with van der Waals surface area (Å²) in [6.07, 6.45) is 5.26. The first-order valence-corrected chi connectivity index (χ1v) is 9.21. The van der Waals surface area contributed by atoms with Crippen LogP contribution in [0.25, 0.3) is 0 Å². The van der Waals surface area contributed by atoms with Gasteiger partial charge in [-0.2, -0.15) is 0 Å². The molecule has 1 aromatic carbocycles. The molecule has 0 bridgehead atoms. The van der Waals surface area contributed by atoms with Crippen LogP contribution in [-0.2, 0) is 21.3 Å². The first-order chi connectivity index (χ1) is 9.95. The molecule has 0 heterocycles. The molecule has 0 aliphatic heterocycles. The van der Waals surface area contributed by atoms with Gasteiger partial charge in [-0.05, 0) is 43.0 Å². The van der Waals surface area contributed by atoms with Crippen LogP contribution in [0.5, 0.6) is 0 Å². The zero-order chi connectivity index (χ0) is 15.4. The summed E-state index contributed by atoms with van der Waals surface area (Å²) in [6.45, 7) is 0. The molecule has 1 aromatic rings. The van der Waals surface area contributed by atoms with E-state index in [0.29, 0.717) is 16.5 Å². The molecule has 1 aliphatic carbocycles. The second kappa shape index (κ2) is 7.38. The summed E-state index contributed by atoms with van der Waals surface area (Å²) in [6, 6.07) is 5.42. The van der Waals surface area contributed by atoms with E-state index in [4.69, 9.17) is 17.3 Å². The second-order valence-electron chi connectivity index (χ2n) is 5.64. The molecule has 21 heavy (non-hydrogen) atoms. The van der Waals surface area contributed by atoms with Crippen LogP contribution in [0, 0.1) is 5.92 Å². The maximum atomic E-state index is 12.3. The van der Waals surface area contributed by atoms with Crippen LogP contribution in [0.15, 0.2) is 18.2 Å². The monoisotopic (exact) mass is 328 g/mol. The second-order valence-corrected chi connectivity index (χ2v) is 7.48. The quantitative estimate of drug-likeness (QED) is 0.892. The molecule has 116 valence electrons. The van der Waals surface area contributed by atoms with Gasteiger partial charge in [0.05, 0.1) is 0 Å². The number of carbonyl (C=O) groups excluding carboxylic acids is 1. The lowest BCUT2D eigenvalue weighted by Crippen LogP contribution is -2.34. The molecule has 3 N–H and O–H groups in total. The van der Waals surface area contributed by atoms with Crippen molar-refractivity contribution in [1.29, 1.82) is 0 Å². The molecule has 6 heteroatoms. The van der Waals surface area contributed by atoms with Crippen molar-refractivity contribution in [3.05, 3.63) is 28.8 Å². The van der Waals surface area contributed by atoms with Crippen molar-refractivity contribution in [2.24, 2.45) is 11.7 Å². The Morgan fingerprint density at radius 2 is 2.24 bits per heavy atom. The maximum Gasteiger partial charge on any atom is 0.227 e. The van der Waals surface area contributed by atoms with Gasteiger partial charge in [-0.15, -0.1) is 0 Å². The molecule has 0 spiro atoms. The van der Waals surface area contributed by atoms with Crippen LogP contribution in [0.4, 0.5) is 5.69 Å². The van der Waals surface area contributed by atoms with Crippen LogP contribution >= 0.6 is 11.6 Å². The molecule has 0 saturated heterocycles. The Morgan fingerprint density at radius 1 is 1.48 bits per heavy atom. The first kappa shape index (κ1) is 16.5. The topological polar surface area (TPSA) is 72.2 Å². The minimum atomic E-state index is -0.971. The van der Waals surface area contributed by atoms with Gasteiger partial charge in [-0.25, -0.2) is 0 Å². The van der Waals surface area contributed by atoms with Gasteiger partial charge in [-0.1, -0.05) is 18.0 Å². The van der Waals surface area contributed by atoms with E-state index in [1.54, 1.807) is 24.5 Å². The molecular formula is C15H21ClN2O2S. The molecule has 1 aliphatic rings. The molecule has 0 radical (unpaired) electrons. The lowest BCUT2D eigenvalue weighted by Gasteiger charge is -2.25. The highest BCUT2D eigenvalue weighted by atomic mass is 35.5. The van der Waals surface area contributed by atoms with Crippen molar-refractivity contribution in [3.63, 3.8) is 0 Å². The van der Waals surface area contributed by atoms with Crippen molar-refractivity contribution in [2.45, 2.75) is 37.5 Å². The average molecular weight is 329 g/mol. The van der Waals surface area contributed by atoms with Crippen LogP contribution in [0.2, 0.25) is 5.02 Å². The molecule has 2 rings (SSSR count). The van der Waals surface area contributed by atoms with E-state index in [-0.39, 0.29) is 17.9 Å². The highest BCUT2D eigenvalue weighted by Crippen LogP contribution is 2.26. The van der Waals surface area contributed by atoms with Crippen LogP contribution < -0.4 is 11.1 Å². The molecule has 3 unspecified atom stereocenters. The number of nitrogens with one attached hydrogen (secondary N) is 1.